The normalized spacial score (nSPS) is 23.9. The maximum Gasteiger partial charge on any atom is 0.118 e. The number of ether oxygens (including phenoxy) is 2. The van der Waals surface area contributed by atoms with Crippen molar-refractivity contribution in [2.24, 2.45) is 5.92 Å². The van der Waals surface area contributed by atoms with Crippen molar-refractivity contribution in [1.82, 2.24) is 5.32 Å². The van der Waals surface area contributed by atoms with Crippen molar-refractivity contribution < 1.29 is 9.47 Å². The number of benzene rings is 1. The summed E-state index contributed by atoms with van der Waals surface area (Å²) in [4.78, 5) is 0. The average Bonchev–Trinajstić information content (AvgIpc) is 2.42. The molecule has 1 N–H and O–H groups in total. The molecule has 18 heavy (non-hydrogen) atoms. The lowest BCUT2D eigenvalue weighted by molar-refractivity contribution is 0.0327. The van der Waals surface area contributed by atoms with E-state index in [-0.39, 0.29) is 0 Å². The quantitative estimate of drug-likeness (QED) is 0.868. The maximum absolute atomic E-state index is 5.61. The van der Waals surface area contributed by atoms with Crippen molar-refractivity contribution in [3.63, 3.8) is 0 Å². The molecule has 2 atom stereocenters. The van der Waals surface area contributed by atoms with E-state index in [2.05, 4.69) is 24.4 Å². The van der Waals surface area contributed by atoms with Gasteiger partial charge in [0.15, 0.2) is 0 Å². The van der Waals surface area contributed by atoms with Crippen LogP contribution in [0.2, 0.25) is 0 Å². The third kappa shape index (κ3) is 3.47. The van der Waals surface area contributed by atoms with Crippen LogP contribution in [0.15, 0.2) is 24.3 Å². The van der Waals surface area contributed by atoms with E-state index in [1.807, 2.05) is 12.1 Å². The molecule has 0 bridgehead atoms. The molecule has 1 fully saturated rings. The Morgan fingerprint density at radius 2 is 2.11 bits per heavy atom. The molecule has 1 aliphatic heterocycles. The van der Waals surface area contributed by atoms with Crippen LogP contribution in [-0.2, 0) is 11.2 Å². The van der Waals surface area contributed by atoms with Gasteiger partial charge in [0.25, 0.3) is 0 Å². The molecule has 0 aromatic heterocycles. The predicted octanol–water partition coefficient (Wildman–Crippen LogP) is 2.25. The first-order chi connectivity index (χ1) is 8.83. The van der Waals surface area contributed by atoms with Crippen molar-refractivity contribution in [3.8, 4) is 5.75 Å². The highest BCUT2D eigenvalue weighted by atomic mass is 16.5. The molecule has 0 amide bonds. The molecule has 1 heterocycles. The first-order valence-electron chi connectivity index (χ1n) is 6.77. The van der Waals surface area contributed by atoms with Gasteiger partial charge in [-0.3, -0.25) is 0 Å². The van der Waals surface area contributed by atoms with Crippen LogP contribution < -0.4 is 10.1 Å². The molecule has 0 radical (unpaired) electrons. The fourth-order valence-corrected chi connectivity index (χ4v) is 2.59. The van der Waals surface area contributed by atoms with Gasteiger partial charge in [0, 0.05) is 18.6 Å². The average molecular weight is 249 g/mol. The Kier molecular flexibility index (Phi) is 5.02. The van der Waals surface area contributed by atoms with Crippen molar-refractivity contribution in [1.29, 1.82) is 0 Å². The maximum atomic E-state index is 5.61. The van der Waals surface area contributed by atoms with Crippen LogP contribution in [0.3, 0.4) is 0 Å². The number of nitrogens with one attached hydrogen (secondary N) is 1. The summed E-state index contributed by atoms with van der Waals surface area (Å²) in [6.07, 6.45) is 2.19. The summed E-state index contributed by atoms with van der Waals surface area (Å²) in [5, 5.41) is 3.57. The van der Waals surface area contributed by atoms with Crippen LogP contribution in [0.1, 0.15) is 18.9 Å². The van der Waals surface area contributed by atoms with E-state index < -0.39 is 0 Å². The Morgan fingerprint density at radius 3 is 2.78 bits per heavy atom. The first kappa shape index (κ1) is 13.4. The van der Waals surface area contributed by atoms with E-state index in [9.17, 15) is 0 Å². The predicted molar refractivity (Wildman–Crippen MR) is 73.1 cm³/mol. The minimum absolute atomic E-state index is 0.576. The van der Waals surface area contributed by atoms with Gasteiger partial charge in [-0.25, -0.2) is 0 Å². The molecule has 0 spiro atoms. The fraction of sp³-hybridized carbons (Fsp3) is 0.600. The molecular formula is C15H23NO2. The summed E-state index contributed by atoms with van der Waals surface area (Å²) in [5.41, 5.74) is 1.36. The van der Waals surface area contributed by atoms with Crippen LogP contribution in [-0.4, -0.2) is 32.9 Å². The molecule has 3 nitrogen and oxygen atoms in total. The van der Waals surface area contributed by atoms with Gasteiger partial charge in [-0.1, -0.05) is 19.1 Å². The minimum atomic E-state index is 0.576. The Morgan fingerprint density at radius 1 is 1.33 bits per heavy atom. The zero-order valence-electron chi connectivity index (χ0n) is 11.3. The van der Waals surface area contributed by atoms with Gasteiger partial charge in [0.2, 0.25) is 0 Å². The van der Waals surface area contributed by atoms with Crippen LogP contribution >= 0.6 is 0 Å². The Hall–Kier alpha value is -1.06. The lowest BCUT2D eigenvalue weighted by Gasteiger charge is -2.32. The zero-order valence-corrected chi connectivity index (χ0v) is 11.3. The van der Waals surface area contributed by atoms with Crippen molar-refractivity contribution in [2.45, 2.75) is 25.8 Å². The largest absolute Gasteiger partial charge is 0.497 e. The second kappa shape index (κ2) is 6.76. The third-order valence-corrected chi connectivity index (χ3v) is 3.60. The molecule has 0 aliphatic carbocycles. The van der Waals surface area contributed by atoms with Gasteiger partial charge in [0.05, 0.1) is 13.7 Å². The third-order valence-electron chi connectivity index (χ3n) is 3.60. The van der Waals surface area contributed by atoms with Crippen LogP contribution in [0, 0.1) is 5.92 Å². The van der Waals surface area contributed by atoms with Crippen molar-refractivity contribution in [2.75, 3.05) is 26.9 Å². The van der Waals surface area contributed by atoms with Gasteiger partial charge in [0.1, 0.15) is 5.75 Å². The van der Waals surface area contributed by atoms with E-state index in [1.54, 1.807) is 7.11 Å². The summed E-state index contributed by atoms with van der Waals surface area (Å²) < 4.78 is 10.8. The highest BCUT2D eigenvalue weighted by molar-refractivity contribution is 5.27. The lowest BCUT2D eigenvalue weighted by atomic mass is 9.89. The molecular weight excluding hydrogens is 226 g/mol. The smallest absolute Gasteiger partial charge is 0.118 e. The van der Waals surface area contributed by atoms with Crippen LogP contribution in [0.4, 0.5) is 0 Å². The number of hydrogen-bond donors (Lipinski definition) is 1. The highest BCUT2D eigenvalue weighted by Gasteiger charge is 2.24. The highest BCUT2D eigenvalue weighted by Crippen LogP contribution is 2.21. The second-order valence-corrected chi connectivity index (χ2v) is 4.84. The summed E-state index contributed by atoms with van der Waals surface area (Å²) in [7, 11) is 1.70. The van der Waals surface area contributed by atoms with Crippen LogP contribution in [0.5, 0.6) is 5.75 Å². The summed E-state index contributed by atoms with van der Waals surface area (Å²) in [5.74, 6) is 1.49. The molecule has 1 aromatic rings. The Balaban J connectivity index is 1.96. The Bertz CT molecular complexity index is 348. The molecule has 1 aromatic carbocycles. The molecule has 0 unspecified atom stereocenters. The summed E-state index contributed by atoms with van der Waals surface area (Å²) in [6, 6.07) is 8.95. The molecule has 3 heteroatoms. The number of methoxy groups -OCH3 is 1. The first-order valence-corrected chi connectivity index (χ1v) is 6.77. The Labute approximate surface area is 109 Å². The number of hydrogen-bond acceptors (Lipinski definition) is 3. The molecule has 2 rings (SSSR count). The zero-order chi connectivity index (χ0) is 12.8. The monoisotopic (exact) mass is 249 g/mol. The van der Waals surface area contributed by atoms with E-state index in [4.69, 9.17) is 9.47 Å². The van der Waals surface area contributed by atoms with Crippen molar-refractivity contribution in [3.05, 3.63) is 29.8 Å². The van der Waals surface area contributed by atoms with Gasteiger partial charge < -0.3 is 14.8 Å². The van der Waals surface area contributed by atoms with E-state index in [0.717, 1.165) is 38.3 Å². The van der Waals surface area contributed by atoms with E-state index in [0.29, 0.717) is 12.0 Å². The lowest BCUT2D eigenvalue weighted by Crippen LogP contribution is -2.43. The standard InChI is InChI=1S/C15H23NO2/c1-3-16-15-8-9-18-11-13(15)10-12-4-6-14(17-2)7-5-12/h4-7,13,15-16H,3,8-11H2,1-2H3/t13-,15-/m1/s1. The number of rotatable bonds is 5. The molecule has 100 valence electrons. The molecule has 1 saturated heterocycles. The second-order valence-electron chi connectivity index (χ2n) is 4.84. The SMILES string of the molecule is CCN[C@@H]1CCOC[C@H]1Cc1ccc(OC)cc1. The van der Waals surface area contributed by atoms with Gasteiger partial charge in [-0.2, -0.15) is 0 Å². The van der Waals surface area contributed by atoms with E-state index >= 15 is 0 Å². The summed E-state index contributed by atoms with van der Waals surface area (Å²) >= 11 is 0. The molecule has 1 aliphatic rings. The fourth-order valence-electron chi connectivity index (χ4n) is 2.59. The molecule has 0 saturated carbocycles. The van der Waals surface area contributed by atoms with Gasteiger partial charge in [-0.05, 0) is 37.1 Å². The minimum Gasteiger partial charge on any atom is -0.497 e. The summed E-state index contributed by atoms with van der Waals surface area (Å²) in [6.45, 7) is 4.95. The van der Waals surface area contributed by atoms with Crippen LogP contribution in [0.25, 0.3) is 0 Å². The van der Waals surface area contributed by atoms with Gasteiger partial charge in [-0.15, -0.1) is 0 Å². The topological polar surface area (TPSA) is 30.5 Å². The van der Waals surface area contributed by atoms with E-state index in [1.165, 1.54) is 5.56 Å². The van der Waals surface area contributed by atoms with Gasteiger partial charge >= 0.3 is 0 Å². The van der Waals surface area contributed by atoms with Crippen molar-refractivity contribution >= 4 is 0 Å².